The molecule has 1 aliphatic heterocycles. The van der Waals surface area contributed by atoms with Crippen LogP contribution in [-0.2, 0) is 11.8 Å². The molecule has 0 bridgehead atoms. The third-order valence-electron chi connectivity index (χ3n) is 5.02. The molecule has 4 heteroatoms. The molecule has 2 heterocycles. The van der Waals surface area contributed by atoms with Crippen LogP contribution in [0.4, 0.5) is 0 Å². The number of fused-ring (bicyclic) bond motifs is 3. The Hall–Kier alpha value is -2.52. The van der Waals surface area contributed by atoms with Crippen molar-refractivity contribution >= 4 is 11.6 Å². The highest BCUT2D eigenvalue weighted by atomic mass is 35.5. The van der Waals surface area contributed by atoms with Crippen LogP contribution in [0.3, 0.4) is 0 Å². The third kappa shape index (κ3) is 2.38. The Kier molecular flexibility index (Phi) is 3.51. The summed E-state index contributed by atoms with van der Waals surface area (Å²) in [5.74, 6) is 0.0482. The molecule has 2 aromatic carbocycles. The molecule has 0 spiro atoms. The Morgan fingerprint density at radius 2 is 1.80 bits per heavy atom. The molecule has 0 fully saturated rings. The van der Waals surface area contributed by atoms with E-state index in [0.717, 1.165) is 22.5 Å². The topological polar surface area (TPSA) is 42.2 Å². The largest absolute Gasteiger partial charge is 0.507 e. The fourth-order valence-electron chi connectivity index (χ4n) is 3.64. The minimum absolute atomic E-state index is 0.0482. The summed E-state index contributed by atoms with van der Waals surface area (Å²) in [4.78, 5) is 13.2. The van der Waals surface area contributed by atoms with Crippen molar-refractivity contribution in [3.63, 3.8) is 0 Å². The lowest BCUT2D eigenvalue weighted by atomic mass is 9.83. The van der Waals surface area contributed by atoms with Crippen LogP contribution in [0.1, 0.15) is 36.2 Å². The van der Waals surface area contributed by atoms with Gasteiger partial charge in [-0.1, -0.05) is 55.8 Å². The van der Waals surface area contributed by atoms with E-state index in [4.69, 9.17) is 11.6 Å². The van der Waals surface area contributed by atoms with Crippen LogP contribution in [-0.4, -0.2) is 9.67 Å². The molecule has 126 valence electrons. The summed E-state index contributed by atoms with van der Waals surface area (Å²) in [7, 11) is 0. The van der Waals surface area contributed by atoms with Gasteiger partial charge in [0, 0.05) is 28.6 Å². The predicted molar refractivity (Wildman–Crippen MR) is 100 cm³/mol. The Morgan fingerprint density at radius 1 is 1.08 bits per heavy atom. The lowest BCUT2D eigenvalue weighted by Crippen LogP contribution is -2.26. The van der Waals surface area contributed by atoms with Gasteiger partial charge < -0.3 is 5.11 Å². The first-order chi connectivity index (χ1) is 11.9. The van der Waals surface area contributed by atoms with Crippen LogP contribution < -0.4 is 5.56 Å². The van der Waals surface area contributed by atoms with E-state index in [2.05, 4.69) is 0 Å². The molecule has 0 saturated carbocycles. The van der Waals surface area contributed by atoms with Crippen molar-refractivity contribution in [3.8, 4) is 11.4 Å². The molecule has 0 amide bonds. The van der Waals surface area contributed by atoms with E-state index < -0.39 is 5.41 Å². The van der Waals surface area contributed by atoms with Gasteiger partial charge in [0.05, 0.1) is 11.3 Å². The van der Waals surface area contributed by atoms with Crippen molar-refractivity contribution in [2.75, 3.05) is 0 Å². The maximum atomic E-state index is 13.2. The number of halogens is 1. The van der Waals surface area contributed by atoms with Crippen LogP contribution in [0.5, 0.6) is 5.75 Å². The third-order valence-corrected chi connectivity index (χ3v) is 5.26. The minimum Gasteiger partial charge on any atom is -0.507 e. The number of hydrogen-bond acceptors (Lipinski definition) is 2. The number of aromatic hydroxyl groups is 1. The zero-order chi connectivity index (χ0) is 17.8. The molecule has 0 radical (unpaired) electrons. The number of rotatable bonds is 2. The van der Waals surface area contributed by atoms with E-state index in [1.54, 1.807) is 16.7 Å². The molecular weight excluding hydrogens is 334 g/mol. The predicted octanol–water partition coefficient (Wildman–Crippen LogP) is 4.43. The molecule has 1 N–H and O–H groups in total. The number of pyridine rings is 1. The van der Waals surface area contributed by atoms with E-state index in [0.29, 0.717) is 17.0 Å². The van der Waals surface area contributed by atoms with Gasteiger partial charge in [0.25, 0.3) is 5.56 Å². The van der Waals surface area contributed by atoms with Gasteiger partial charge in [0.2, 0.25) is 0 Å². The van der Waals surface area contributed by atoms with Gasteiger partial charge in [-0.3, -0.25) is 9.36 Å². The van der Waals surface area contributed by atoms with E-state index in [1.807, 2.05) is 56.3 Å². The first-order valence-electron chi connectivity index (χ1n) is 8.22. The van der Waals surface area contributed by atoms with Gasteiger partial charge in [-0.15, -0.1) is 0 Å². The van der Waals surface area contributed by atoms with Crippen molar-refractivity contribution in [2.24, 2.45) is 0 Å². The molecule has 25 heavy (non-hydrogen) atoms. The Morgan fingerprint density at radius 3 is 2.52 bits per heavy atom. The molecule has 0 saturated heterocycles. The molecule has 0 aliphatic carbocycles. The van der Waals surface area contributed by atoms with Crippen molar-refractivity contribution < 1.29 is 5.11 Å². The highest BCUT2D eigenvalue weighted by Crippen LogP contribution is 2.43. The highest BCUT2D eigenvalue weighted by Gasteiger charge is 2.38. The zero-order valence-corrected chi connectivity index (χ0v) is 14.8. The molecule has 4 rings (SSSR count). The second-order valence-corrected chi connectivity index (χ2v) is 7.42. The van der Waals surface area contributed by atoms with E-state index in [1.165, 1.54) is 0 Å². The average molecular weight is 352 g/mol. The fraction of sp³-hybridized carbons (Fsp3) is 0.190. The average Bonchev–Trinajstić information content (AvgIpc) is 2.80. The standard InChI is InChI=1S/C21H18ClNO2/c1-21(2)16-11-14(22)8-9-17(16)23-19(21)12-18(24)15(20(23)25)10-13-6-4-3-5-7-13/h3-9,11-12,24H,10H2,1-2H3. The normalized spacial score (nSPS) is 14.2. The molecule has 0 atom stereocenters. The Bertz CT molecular complexity index is 1040. The maximum absolute atomic E-state index is 13.2. The SMILES string of the molecule is CC1(C)c2cc(Cl)ccc2-n2c1cc(O)c(Cc1ccccc1)c2=O. The van der Waals surface area contributed by atoms with Crippen LogP contribution >= 0.6 is 11.6 Å². The fourth-order valence-corrected chi connectivity index (χ4v) is 3.81. The summed E-state index contributed by atoms with van der Waals surface area (Å²) in [5, 5.41) is 11.2. The van der Waals surface area contributed by atoms with Crippen molar-refractivity contribution in [3.05, 3.63) is 92.4 Å². The summed E-state index contributed by atoms with van der Waals surface area (Å²) in [6.45, 7) is 4.08. The Balaban J connectivity index is 1.96. The van der Waals surface area contributed by atoms with Crippen molar-refractivity contribution in [2.45, 2.75) is 25.7 Å². The first-order valence-corrected chi connectivity index (χ1v) is 8.60. The summed E-state index contributed by atoms with van der Waals surface area (Å²) >= 11 is 6.17. The van der Waals surface area contributed by atoms with Crippen LogP contribution in [0, 0.1) is 0 Å². The number of benzene rings is 2. The first kappa shape index (κ1) is 16.0. The smallest absolute Gasteiger partial charge is 0.262 e. The number of aromatic nitrogens is 1. The quantitative estimate of drug-likeness (QED) is 0.742. The Labute approximate surface area is 151 Å². The zero-order valence-electron chi connectivity index (χ0n) is 14.1. The van der Waals surface area contributed by atoms with Gasteiger partial charge in [-0.25, -0.2) is 0 Å². The molecule has 1 aliphatic rings. The van der Waals surface area contributed by atoms with Crippen LogP contribution in [0.15, 0.2) is 59.4 Å². The van der Waals surface area contributed by atoms with Crippen molar-refractivity contribution in [1.82, 2.24) is 4.57 Å². The summed E-state index contributed by atoms with van der Waals surface area (Å²) in [6.07, 6.45) is 0.398. The molecule has 0 unspecified atom stereocenters. The van der Waals surface area contributed by atoms with Gasteiger partial charge in [-0.2, -0.15) is 0 Å². The van der Waals surface area contributed by atoms with E-state index >= 15 is 0 Å². The summed E-state index contributed by atoms with van der Waals surface area (Å²) < 4.78 is 1.71. The minimum atomic E-state index is -0.401. The van der Waals surface area contributed by atoms with Gasteiger partial charge in [-0.05, 0) is 29.3 Å². The second kappa shape index (κ2) is 5.50. The molecular formula is C21H18ClNO2. The van der Waals surface area contributed by atoms with E-state index in [9.17, 15) is 9.90 Å². The number of hydrogen-bond donors (Lipinski definition) is 1. The van der Waals surface area contributed by atoms with Gasteiger partial charge in [0.1, 0.15) is 5.75 Å². The van der Waals surface area contributed by atoms with E-state index in [-0.39, 0.29) is 11.3 Å². The lowest BCUT2D eigenvalue weighted by Gasteiger charge is -2.20. The maximum Gasteiger partial charge on any atom is 0.262 e. The lowest BCUT2D eigenvalue weighted by molar-refractivity contribution is 0.462. The van der Waals surface area contributed by atoms with Gasteiger partial charge >= 0.3 is 0 Å². The van der Waals surface area contributed by atoms with Gasteiger partial charge in [0.15, 0.2) is 0 Å². The molecule has 3 nitrogen and oxygen atoms in total. The van der Waals surface area contributed by atoms with Crippen LogP contribution in [0.25, 0.3) is 5.69 Å². The highest BCUT2D eigenvalue weighted by molar-refractivity contribution is 6.30. The van der Waals surface area contributed by atoms with Crippen molar-refractivity contribution in [1.29, 1.82) is 0 Å². The molecule has 1 aromatic heterocycles. The second-order valence-electron chi connectivity index (χ2n) is 6.98. The molecule has 3 aromatic rings. The summed E-state index contributed by atoms with van der Waals surface area (Å²) in [5.41, 5.74) is 3.44. The van der Waals surface area contributed by atoms with Crippen LogP contribution in [0.2, 0.25) is 5.02 Å². The summed E-state index contributed by atoms with van der Waals surface area (Å²) in [6, 6.07) is 17.0. The number of nitrogens with zero attached hydrogens (tertiary/aromatic N) is 1. The monoisotopic (exact) mass is 351 g/mol.